The van der Waals surface area contributed by atoms with E-state index in [1.54, 1.807) is 6.92 Å². The number of esters is 2. The Labute approximate surface area is 115 Å². The molecule has 0 aliphatic rings. The molecule has 0 aromatic carbocycles. The molecule has 0 aliphatic heterocycles. The highest BCUT2D eigenvalue weighted by Crippen LogP contribution is 1.96. The summed E-state index contributed by atoms with van der Waals surface area (Å²) in [4.78, 5) is 44.6. The fourth-order valence-electron chi connectivity index (χ4n) is 1.17. The van der Waals surface area contributed by atoms with E-state index in [9.17, 15) is 19.2 Å². The zero-order valence-corrected chi connectivity index (χ0v) is 11.5. The summed E-state index contributed by atoms with van der Waals surface area (Å²) in [5.74, 6) is -2.83. The van der Waals surface area contributed by atoms with Crippen molar-refractivity contribution >= 4 is 23.9 Å². The Kier molecular flexibility index (Phi) is 7.71. The highest BCUT2D eigenvalue weighted by atomic mass is 16.5. The van der Waals surface area contributed by atoms with Gasteiger partial charge in [0.25, 0.3) is 0 Å². The SMILES string of the molecule is CCOC(=O)C(C)NC(=O)N[C@@H](CC(=O)OC)C(=O)O. The average molecular weight is 290 g/mol. The molecule has 2 atom stereocenters. The zero-order chi connectivity index (χ0) is 15.7. The lowest BCUT2D eigenvalue weighted by Gasteiger charge is -2.16. The Hall–Kier alpha value is -2.32. The first-order valence-electron chi connectivity index (χ1n) is 5.85. The first-order valence-corrected chi connectivity index (χ1v) is 5.85. The third-order valence-electron chi connectivity index (χ3n) is 2.19. The van der Waals surface area contributed by atoms with Crippen molar-refractivity contribution in [2.45, 2.75) is 32.4 Å². The highest BCUT2D eigenvalue weighted by Gasteiger charge is 2.25. The molecular weight excluding hydrogens is 272 g/mol. The second-order valence-corrected chi connectivity index (χ2v) is 3.76. The third-order valence-corrected chi connectivity index (χ3v) is 2.19. The van der Waals surface area contributed by atoms with Gasteiger partial charge in [0.05, 0.1) is 20.1 Å². The lowest BCUT2D eigenvalue weighted by molar-refractivity contribution is -0.147. The molecule has 20 heavy (non-hydrogen) atoms. The van der Waals surface area contributed by atoms with E-state index in [2.05, 4.69) is 20.1 Å². The van der Waals surface area contributed by atoms with Crippen LogP contribution in [-0.2, 0) is 23.9 Å². The fourth-order valence-corrected chi connectivity index (χ4v) is 1.17. The molecule has 0 aliphatic carbocycles. The third kappa shape index (κ3) is 6.57. The maximum absolute atomic E-state index is 11.5. The van der Waals surface area contributed by atoms with Crippen LogP contribution in [0.4, 0.5) is 4.79 Å². The summed E-state index contributed by atoms with van der Waals surface area (Å²) < 4.78 is 8.98. The van der Waals surface area contributed by atoms with E-state index in [0.717, 1.165) is 7.11 Å². The van der Waals surface area contributed by atoms with Crippen LogP contribution in [0.1, 0.15) is 20.3 Å². The predicted molar refractivity (Wildman–Crippen MR) is 65.8 cm³/mol. The van der Waals surface area contributed by atoms with Crippen LogP contribution in [0.15, 0.2) is 0 Å². The van der Waals surface area contributed by atoms with Crippen LogP contribution in [0.5, 0.6) is 0 Å². The normalized spacial score (nSPS) is 12.8. The molecule has 0 aromatic rings. The van der Waals surface area contributed by atoms with Crippen LogP contribution >= 0.6 is 0 Å². The smallest absolute Gasteiger partial charge is 0.328 e. The van der Waals surface area contributed by atoms with Gasteiger partial charge in [-0.25, -0.2) is 14.4 Å². The van der Waals surface area contributed by atoms with Crippen LogP contribution in [0, 0.1) is 0 Å². The van der Waals surface area contributed by atoms with Gasteiger partial charge in [-0.1, -0.05) is 0 Å². The van der Waals surface area contributed by atoms with Gasteiger partial charge in [0.15, 0.2) is 0 Å². The predicted octanol–water partition coefficient (Wildman–Crippen LogP) is -0.746. The highest BCUT2D eigenvalue weighted by molar-refractivity contribution is 5.88. The number of ether oxygens (including phenoxy) is 2. The maximum atomic E-state index is 11.5. The van der Waals surface area contributed by atoms with Crippen LogP contribution in [0.2, 0.25) is 0 Å². The quantitative estimate of drug-likeness (QED) is 0.526. The van der Waals surface area contributed by atoms with Gasteiger partial charge in [0, 0.05) is 0 Å². The lowest BCUT2D eigenvalue weighted by Crippen LogP contribution is -2.51. The number of hydrogen-bond acceptors (Lipinski definition) is 6. The number of rotatable bonds is 7. The van der Waals surface area contributed by atoms with Crippen molar-refractivity contribution in [3.63, 3.8) is 0 Å². The molecular formula is C11H18N2O7. The molecule has 0 aromatic heterocycles. The Bertz CT molecular complexity index is 383. The maximum Gasteiger partial charge on any atom is 0.328 e. The molecule has 0 saturated heterocycles. The molecule has 9 nitrogen and oxygen atoms in total. The molecule has 1 unspecified atom stereocenters. The van der Waals surface area contributed by atoms with Gasteiger partial charge >= 0.3 is 23.9 Å². The molecule has 9 heteroatoms. The second kappa shape index (κ2) is 8.73. The number of urea groups is 1. The number of carboxylic acids is 1. The van der Waals surface area contributed by atoms with Crippen molar-refractivity contribution in [2.75, 3.05) is 13.7 Å². The van der Waals surface area contributed by atoms with Gasteiger partial charge in [0.2, 0.25) is 0 Å². The number of hydrogen-bond donors (Lipinski definition) is 3. The van der Waals surface area contributed by atoms with Gasteiger partial charge < -0.3 is 25.2 Å². The minimum Gasteiger partial charge on any atom is -0.480 e. The fraction of sp³-hybridized carbons (Fsp3) is 0.636. The summed E-state index contributed by atoms with van der Waals surface area (Å²) in [6.07, 6.45) is -0.521. The van der Waals surface area contributed by atoms with Gasteiger partial charge in [-0.2, -0.15) is 0 Å². The van der Waals surface area contributed by atoms with Crippen molar-refractivity contribution in [3.8, 4) is 0 Å². The van der Waals surface area contributed by atoms with E-state index >= 15 is 0 Å². The largest absolute Gasteiger partial charge is 0.480 e. The van der Waals surface area contributed by atoms with Crippen molar-refractivity contribution in [2.24, 2.45) is 0 Å². The van der Waals surface area contributed by atoms with Crippen LogP contribution in [0.3, 0.4) is 0 Å². The first-order chi connectivity index (χ1) is 9.31. The number of nitrogens with one attached hydrogen (secondary N) is 2. The zero-order valence-electron chi connectivity index (χ0n) is 11.5. The molecule has 0 radical (unpaired) electrons. The summed E-state index contributed by atoms with van der Waals surface area (Å²) >= 11 is 0. The number of amides is 2. The van der Waals surface area contributed by atoms with Crippen molar-refractivity contribution < 1.29 is 33.8 Å². The number of aliphatic carboxylic acids is 1. The van der Waals surface area contributed by atoms with Crippen LogP contribution in [0.25, 0.3) is 0 Å². The molecule has 0 spiro atoms. The summed E-state index contributed by atoms with van der Waals surface area (Å²) in [6.45, 7) is 3.15. The Morgan fingerprint density at radius 2 is 1.80 bits per heavy atom. The Morgan fingerprint density at radius 3 is 2.25 bits per heavy atom. The molecule has 2 amide bonds. The molecule has 3 N–H and O–H groups in total. The van der Waals surface area contributed by atoms with Crippen LogP contribution in [-0.4, -0.2) is 54.8 Å². The standard InChI is InChI=1S/C11H18N2O7/c1-4-20-10(17)6(2)12-11(18)13-7(9(15)16)5-8(14)19-3/h6-7H,4-5H2,1-3H3,(H,15,16)(H2,12,13,18)/t6?,7-/m0/s1. The van der Waals surface area contributed by atoms with Gasteiger partial charge in [0.1, 0.15) is 12.1 Å². The minimum atomic E-state index is -1.45. The molecule has 0 saturated carbocycles. The van der Waals surface area contributed by atoms with E-state index in [1.807, 2.05) is 0 Å². The second-order valence-electron chi connectivity index (χ2n) is 3.76. The number of carbonyl (C=O) groups is 4. The lowest BCUT2D eigenvalue weighted by atomic mass is 10.2. The summed E-state index contributed by atoms with van der Waals surface area (Å²) in [5.41, 5.74) is 0. The first kappa shape index (κ1) is 17.7. The van der Waals surface area contributed by atoms with E-state index < -0.39 is 42.4 Å². The Morgan fingerprint density at radius 1 is 1.20 bits per heavy atom. The summed E-state index contributed by atoms with van der Waals surface area (Å²) in [7, 11) is 1.10. The summed E-state index contributed by atoms with van der Waals surface area (Å²) in [6, 6.07) is -3.29. The van der Waals surface area contributed by atoms with Gasteiger partial charge in [-0.3, -0.25) is 4.79 Å². The number of methoxy groups -OCH3 is 1. The van der Waals surface area contributed by atoms with E-state index in [4.69, 9.17) is 5.11 Å². The van der Waals surface area contributed by atoms with Crippen molar-refractivity contribution in [1.82, 2.24) is 10.6 Å². The van der Waals surface area contributed by atoms with Crippen molar-refractivity contribution in [3.05, 3.63) is 0 Å². The van der Waals surface area contributed by atoms with E-state index in [1.165, 1.54) is 6.92 Å². The molecule has 0 rings (SSSR count). The topological polar surface area (TPSA) is 131 Å². The molecule has 0 heterocycles. The minimum absolute atomic E-state index is 0.159. The molecule has 0 bridgehead atoms. The van der Waals surface area contributed by atoms with Crippen molar-refractivity contribution in [1.29, 1.82) is 0 Å². The molecule has 0 fully saturated rings. The van der Waals surface area contributed by atoms with Gasteiger partial charge in [-0.05, 0) is 13.8 Å². The van der Waals surface area contributed by atoms with Crippen LogP contribution < -0.4 is 10.6 Å². The summed E-state index contributed by atoms with van der Waals surface area (Å²) in [5, 5.41) is 13.1. The monoisotopic (exact) mass is 290 g/mol. The number of carbonyl (C=O) groups excluding carboxylic acids is 3. The average Bonchev–Trinajstić information content (AvgIpc) is 2.37. The van der Waals surface area contributed by atoms with Gasteiger partial charge in [-0.15, -0.1) is 0 Å². The number of carboxylic acid groups (broad SMARTS) is 1. The Balaban J connectivity index is 4.43. The van der Waals surface area contributed by atoms with E-state index in [-0.39, 0.29) is 6.61 Å². The van der Waals surface area contributed by atoms with E-state index in [0.29, 0.717) is 0 Å². The molecule has 114 valence electrons.